The van der Waals surface area contributed by atoms with Crippen LogP contribution in [-0.4, -0.2) is 33.6 Å². The monoisotopic (exact) mass is 352 g/mol. The molecule has 4 N–H and O–H groups in total. The Bertz CT molecular complexity index is 903. The summed E-state index contributed by atoms with van der Waals surface area (Å²) in [6.45, 7) is 1.74. The second kappa shape index (κ2) is 7.02. The smallest absolute Gasteiger partial charge is 0.176 e. The molecule has 0 radical (unpaired) electrons. The molecule has 2 aromatic carbocycles. The zero-order valence-corrected chi connectivity index (χ0v) is 14.8. The van der Waals surface area contributed by atoms with Crippen LogP contribution in [0.4, 0.5) is 0 Å². The molecule has 0 saturated heterocycles. The minimum absolute atomic E-state index is 0.220. The zero-order chi connectivity index (χ0) is 18.1. The van der Waals surface area contributed by atoms with Crippen molar-refractivity contribution in [2.75, 3.05) is 0 Å². The number of aromatic amines is 1. The molecular weight excluding hydrogens is 328 g/mol. The van der Waals surface area contributed by atoms with Gasteiger partial charge in [-0.15, -0.1) is 0 Å². The molecule has 1 aromatic heterocycles. The predicted octanol–water partition coefficient (Wildman–Crippen LogP) is 3.11. The number of benzene rings is 2. The first-order valence-corrected chi connectivity index (χ1v) is 9.08. The maximum absolute atomic E-state index is 10.2. The lowest BCUT2D eigenvalue weighted by atomic mass is 9.88. The molecule has 0 saturated carbocycles. The van der Waals surface area contributed by atoms with Crippen LogP contribution in [0.25, 0.3) is 10.9 Å². The number of phenolic OH excluding ortho intramolecular Hbond substituents is 1. The third kappa shape index (κ3) is 3.41. The quantitative estimate of drug-likeness (QED) is 0.532. The van der Waals surface area contributed by atoms with Gasteiger partial charge in [-0.25, -0.2) is 0 Å². The van der Waals surface area contributed by atoms with Crippen LogP contribution in [0.3, 0.4) is 0 Å². The molecule has 5 heteroatoms. The lowest BCUT2D eigenvalue weighted by Gasteiger charge is -2.31. The second-order valence-corrected chi connectivity index (χ2v) is 7.03. The average molecular weight is 352 g/mol. The third-order valence-corrected chi connectivity index (χ3v) is 5.07. The molecule has 0 fully saturated rings. The van der Waals surface area contributed by atoms with E-state index < -0.39 is 12.3 Å². The van der Waals surface area contributed by atoms with E-state index in [4.69, 9.17) is 4.74 Å². The fraction of sp³-hybridized carbons (Fsp3) is 0.333. The van der Waals surface area contributed by atoms with Crippen LogP contribution in [0, 0.1) is 0 Å². The summed E-state index contributed by atoms with van der Waals surface area (Å²) in [4.78, 5) is 3.18. The number of hydrogen-bond acceptors (Lipinski definition) is 4. The molecule has 1 aliphatic carbocycles. The van der Waals surface area contributed by atoms with Crippen molar-refractivity contribution in [1.29, 1.82) is 0 Å². The summed E-state index contributed by atoms with van der Waals surface area (Å²) in [6, 6.07) is 13.6. The second-order valence-electron chi connectivity index (χ2n) is 7.03. The largest absolute Gasteiger partial charge is 0.508 e. The van der Waals surface area contributed by atoms with Crippen LogP contribution in [0.5, 0.6) is 11.5 Å². The normalized spacial score (nSPS) is 19.1. The predicted molar refractivity (Wildman–Crippen MR) is 101 cm³/mol. The van der Waals surface area contributed by atoms with Gasteiger partial charge in [0.1, 0.15) is 17.6 Å². The Kier molecular flexibility index (Phi) is 4.57. The first-order chi connectivity index (χ1) is 12.6. The molecule has 136 valence electrons. The van der Waals surface area contributed by atoms with Crippen molar-refractivity contribution in [3.05, 3.63) is 59.8 Å². The van der Waals surface area contributed by atoms with E-state index in [1.807, 2.05) is 42.6 Å². The van der Waals surface area contributed by atoms with Crippen LogP contribution < -0.4 is 10.1 Å². The number of fused-ring (bicyclic) bond motifs is 2. The van der Waals surface area contributed by atoms with E-state index in [1.165, 1.54) is 11.1 Å². The fourth-order valence-electron chi connectivity index (χ4n) is 3.68. The van der Waals surface area contributed by atoms with Crippen LogP contribution in [0.1, 0.15) is 24.5 Å². The molecule has 3 atom stereocenters. The van der Waals surface area contributed by atoms with Gasteiger partial charge in [0, 0.05) is 23.1 Å². The van der Waals surface area contributed by atoms with Crippen molar-refractivity contribution in [3.63, 3.8) is 0 Å². The Hall–Kier alpha value is -2.50. The molecular formula is C21H24N2O3. The fourth-order valence-corrected chi connectivity index (χ4v) is 3.68. The lowest BCUT2D eigenvalue weighted by molar-refractivity contribution is 0.0189. The number of phenols is 1. The van der Waals surface area contributed by atoms with E-state index in [0.29, 0.717) is 5.75 Å². The average Bonchev–Trinajstić information content (AvgIpc) is 3.11. The lowest BCUT2D eigenvalue weighted by Crippen LogP contribution is -2.49. The van der Waals surface area contributed by atoms with Crippen LogP contribution >= 0.6 is 0 Å². The minimum atomic E-state index is -0.648. The molecule has 3 aromatic rings. The van der Waals surface area contributed by atoms with Gasteiger partial charge in [0.05, 0.1) is 0 Å². The van der Waals surface area contributed by atoms with Gasteiger partial charge in [-0.1, -0.05) is 12.1 Å². The third-order valence-electron chi connectivity index (χ3n) is 5.07. The van der Waals surface area contributed by atoms with Crippen LogP contribution in [0.2, 0.25) is 0 Å². The number of rotatable bonds is 5. The van der Waals surface area contributed by atoms with Gasteiger partial charge in [-0.05, 0) is 67.6 Å². The summed E-state index contributed by atoms with van der Waals surface area (Å²) < 4.78 is 6.14. The highest BCUT2D eigenvalue weighted by molar-refractivity contribution is 5.85. The van der Waals surface area contributed by atoms with Gasteiger partial charge in [0.2, 0.25) is 0 Å². The molecule has 3 unspecified atom stereocenters. The summed E-state index contributed by atoms with van der Waals surface area (Å²) in [5.41, 5.74) is 3.46. The molecule has 5 nitrogen and oxygen atoms in total. The molecule has 0 aliphatic heterocycles. The Morgan fingerprint density at radius 2 is 2.08 bits per heavy atom. The number of H-pyrrole nitrogens is 1. The first-order valence-electron chi connectivity index (χ1n) is 9.08. The number of aliphatic hydroxyl groups excluding tert-OH is 1. The number of aromatic nitrogens is 1. The van der Waals surface area contributed by atoms with E-state index in [9.17, 15) is 10.2 Å². The van der Waals surface area contributed by atoms with Crippen molar-refractivity contribution in [2.24, 2.45) is 0 Å². The van der Waals surface area contributed by atoms with Crippen LogP contribution in [-0.2, 0) is 12.8 Å². The summed E-state index contributed by atoms with van der Waals surface area (Å²) in [5, 5.41) is 24.3. The first kappa shape index (κ1) is 16.9. The van der Waals surface area contributed by atoms with E-state index in [1.54, 1.807) is 13.0 Å². The number of nitrogens with one attached hydrogen (secondary N) is 2. The van der Waals surface area contributed by atoms with Crippen molar-refractivity contribution < 1.29 is 14.9 Å². The van der Waals surface area contributed by atoms with Gasteiger partial charge in [0.25, 0.3) is 0 Å². The minimum Gasteiger partial charge on any atom is -0.508 e. The Morgan fingerprint density at radius 3 is 2.92 bits per heavy atom. The molecule has 0 spiro atoms. The van der Waals surface area contributed by atoms with Gasteiger partial charge < -0.3 is 19.9 Å². The number of aromatic hydroxyl groups is 1. The molecule has 0 bridgehead atoms. The Balaban J connectivity index is 1.49. The number of aliphatic hydroxyl groups is 1. The highest BCUT2D eigenvalue weighted by Crippen LogP contribution is 2.28. The molecule has 1 heterocycles. The van der Waals surface area contributed by atoms with Gasteiger partial charge in [-0.2, -0.15) is 0 Å². The van der Waals surface area contributed by atoms with E-state index >= 15 is 0 Å². The highest BCUT2D eigenvalue weighted by atomic mass is 16.5. The summed E-state index contributed by atoms with van der Waals surface area (Å²) in [6.07, 6.45) is 3.45. The standard InChI is InChI=1S/C21H24N2O3/c1-13(24)21(26-20-4-2-3-19-18(20)9-10-22-19)23-16-7-5-15-12-17(25)8-6-14(15)11-16/h2-4,6,8-10,12-13,16,21-25H,5,7,11H2,1H3. The highest BCUT2D eigenvalue weighted by Gasteiger charge is 2.25. The van der Waals surface area contributed by atoms with Crippen molar-refractivity contribution in [2.45, 2.75) is 44.6 Å². The molecule has 1 aliphatic rings. The van der Waals surface area contributed by atoms with Crippen molar-refractivity contribution in [1.82, 2.24) is 10.3 Å². The molecule has 4 rings (SSSR count). The summed E-state index contributed by atoms with van der Waals surface area (Å²) >= 11 is 0. The Morgan fingerprint density at radius 1 is 1.19 bits per heavy atom. The van der Waals surface area contributed by atoms with Gasteiger partial charge in [0.15, 0.2) is 6.23 Å². The number of ether oxygens (including phenoxy) is 1. The summed E-state index contributed by atoms with van der Waals surface area (Å²) in [7, 11) is 0. The maximum atomic E-state index is 10.2. The topological polar surface area (TPSA) is 77.5 Å². The van der Waals surface area contributed by atoms with Crippen molar-refractivity contribution in [3.8, 4) is 11.5 Å². The molecule has 26 heavy (non-hydrogen) atoms. The van der Waals surface area contributed by atoms with E-state index in [0.717, 1.165) is 35.9 Å². The van der Waals surface area contributed by atoms with Gasteiger partial charge in [-0.3, -0.25) is 5.32 Å². The van der Waals surface area contributed by atoms with E-state index in [2.05, 4.69) is 10.3 Å². The van der Waals surface area contributed by atoms with Gasteiger partial charge >= 0.3 is 0 Å². The molecule has 0 amide bonds. The van der Waals surface area contributed by atoms with E-state index in [-0.39, 0.29) is 6.04 Å². The SMILES string of the molecule is CC(O)C(NC1CCc2cc(O)ccc2C1)Oc1cccc2[nH]ccc12. The van der Waals surface area contributed by atoms with Crippen LogP contribution in [0.15, 0.2) is 48.7 Å². The maximum Gasteiger partial charge on any atom is 0.176 e. The number of aryl methyl sites for hydroxylation is 1. The zero-order valence-electron chi connectivity index (χ0n) is 14.8. The van der Waals surface area contributed by atoms with Crippen molar-refractivity contribution >= 4 is 10.9 Å². The summed E-state index contributed by atoms with van der Waals surface area (Å²) in [5.74, 6) is 1.07. The number of hydrogen-bond donors (Lipinski definition) is 4. The Labute approximate surface area is 152 Å².